The second-order valence-corrected chi connectivity index (χ2v) is 11.0. The molecule has 0 spiro atoms. The molecule has 0 unspecified atom stereocenters. The highest BCUT2D eigenvalue weighted by Crippen LogP contribution is 2.50. The Balaban J connectivity index is 1.42. The quantitative estimate of drug-likeness (QED) is 0.454. The third-order valence-corrected chi connectivity index (χ3v) is 8.35. The predicted octanol–water partition coefficient (Wildman–Crippen LogP) is 4.17. The first-order chi connectivity index (χ1) is 18.5. The lowest BCUT2D eigenvalue weighted by Crippen LogP contribution is -2.52. The topological polar surface area (TPSA) is 118 Å². The summed E-state index contributed by atoms with van der Waals surface area (Å²) >= 11 is 6.16. The fraction of sp³-hybridized carbons (Fsp3) is 0.538. The lowest BCUT2D eigenvalue weighted by molar-refractivity contribution is -0.129. The molecule has 8 nitrogen and oxygen atoms in total. The Morgan fingerprint density at radius 2 is 2.05 bits per heavy atom. The number of likely N-dealkylation sites (tertiary alicyclic amines) is 1. The number of alkyl halides is 4. The summed E-state index contributed by atoms with van der Waals surface area (Å²) in [7, 11) is 0. The number of carbonyl (C=O) groups is 3. The van der Waals surface area contributed by atoms with Crippen molar-refractivity contribution < 1.29 is 31.9 Å². The van der Waals surface area contributed by atoms with Gasteiger partial charge >= 0.3 is 0 Å². The van der Waals surface area contributed by atoms with Gasteiger partial charge in [0.05, 0.1) is 16.6 Å². The van der Waals surface area contributed by atoms with Crippen LogP contribution in [0.4, 0.5) is 17.6 Å². The number of rotatable bonds is 6. The molecule has 5 atom stereocenters. The Morgan fingerprint density at radius 1 is 1.28 bits per heavy atom. The van der Waals surface area contributed by atoms with Gasteiger partial charge < -0.3 is 20.5 Å². The Bertz CT molecular complexity index is 1360. The fourth-order valence-corrected chi connectivity index (χ4v) is 6.47. The van der Waals surface area contributed by atoms with Crippen LogP contribution in [0, 0.1) is 29.1 Å². The number of hydrogen-bond acceptors (Lipinski definition) is 4. The number of amides is 3. The van der Waals surface area contributed by atoms with Crippen molar-refractivity contribution in [3.8, 4) is 6.07 Å². The molecule has 0 bridgehead atoms. The van der Waals surface area contributed by atoms with Crippen LogP contribution in [0.1, 0.15) is 54.6 Å². The van der Waals surface area contributed by atoms with E-state index in [-0.39, 0.29) is 46.1 Å². The Kier molecular flexibility index (Phi) is 7.22. The molecule has 1 aromatic carbocycles. The van der Waals surface area contributed by atoms with Gasteiger partial charge in [-0.2, -0.15) is 5.26 Å². The Labute approximate surface area is 226 Å². The first-order valence-electron chi connectivity index (χ1n) is 12.7. The molecule has 3 aliphatic rings. The standard InChI is InChI=1S/C26H26ClF4N5O3/c27-18-4-3-15(22(28)29)16-7-19(35-20(16)18)25(39)36-11-13-8-26(30,31)9-17(13)21(36)24(38)34-14(10-32)6-12-2-1-5-33-23(12)37/h3-4,7,12-14,17,21-22,35H,1-2,5-6,8-9,11H2,(H,33,37)(H,34,38)/t12-,13-,14-,17-,21+/m1/s1. The van der Waals surface area contributed by atoms with Crippen LogP contribution in [-0.4, -0.2) is 58.7 Å². The zero-order valence-electron chi connectivity index (χ0n) is 20.7. The molecular weight excluding hydrogens is 542 g/mol. The maximum absolute atomic E-state index is 14.3. The molecule has 1 aliphatic carbocycles. The van der Waals surface area contributed by atoms with Gasteiger partial charge in [0, 0.05) is 42.8 Å². The van der Waals surface area contributed by atoms with E-state index in [4.69, 9.17) is 11.6 Å². The SMILES string of the molecule is N#C[C@@H](C[C@H]1CCCNC1=O)NC(=O)[C@@H]1[C@@H]2CC(F)(F)C[C@@H]2CN1C(=O)c1cc2c(C(F)F)ccc(Cl)c2[nH]1. The van der Waals surface area contributed by atoms with Crippen molar-refractivity contribution in [2.45, 2.75) is 56.5 Å². The van der Waals surface area contributed by atoms with E-state index in [2.05, 4.69) is 15.6 Å². The van der Waals surface area contributed by atoms with Crippen molar-refractivity contribution >= 4 is 40.2 Å². The molecule has 3 fully saturated rings. The van der Waals surface area contributed by atoms with Crippen LogP contribution in [0.25, 0.3) is 10.9 Å². The number of aromatic amines is 1. The van der Waals surface area contributed by atoms with Crippen molar-refractivity contribution in [1.82, 2.24) is 20.5 Å². The second kappa shape index (κ2) is 10.3. The van der Waals surface area contributed by atoms with E-state index in [1.165, 1.54) is 17.0 Å². The number of benzene rings is 1. The van der Waals surface area contributed by atoms with E-state index in [1.807, 2.05) is 6.07 Å². The largest absolute Gasteiger partial charge is 0.356 e. The number of H-pyrrole nitrogens is 1. The Hall–Kier alpha value is -3.33. The molecule has 2 aromatic rings. The number of nitrogens with one attached hydrogen (secondary N) is 3. The van der Waals surface area contributed by atoms with Crippen molar-refractivity contribution in [3.05, 3.63) is 34.5 Å². The Morgan fingerprint density at radius 3 is 2.74 bits per heavy atom. The number of aromatic nitrogens is 1. The van der Waals surface area contributed by atoms with E-state index >= 15 is 0 Å². The number of nitriles is 1. The summed E-state index contributed by atoms with van der Waals surface area (Å²) in [5, 5.41) is 15.1. The average molecular weight is 568 g/mol. The van der Waals surface area contributed by atoms with Gasteiger partial charge in [0.1, 0.15) is 17.8 Å². The molecule has 3 amide bonds. The minimum absolute atomic E-state index is 0.0445. The van der Waals surface area contributed by atoms with Crippen molar-refractivity contribution in [1.29, 1.82) is 5.26 Å². The molecule has 13 heteroatoms. The van der Waals surface area contributed by atoms with Gasteiger partial charge in [0.2, 0.25) is 17.7 Å². The van der Waals surface area contributed by atoms with Gasteiger partial charge in [0.25, 0.3) is 12.3 Å². The molecule has 0 radical (unpaired) electrons. The molecule has 5 rings (SSSR count). The highest BCUT2D eigenvalue weighted by Gasteiger charge is 2.58. The van der Waals surface area contributed by atoms with Crippen molar-refractivity contribution in [2.24, 2.45) is 17.8 Å². The van der Waals surface area contributed by atoms with Gasteiger partial charge in [-0.15, -0.1) is 0 Å². The van der Waals surface area contributed by atoms with Crippen molar-refractivity contribution in [2.75, 3.05) is 13.1 Å². The molecule has 208 valence electrons. The van der Waals surface area contributed by atoms with Gasteiger partial charge in [0.15, 0.2) is 0 Å². The van der Waals surface area contributed by atoms with Crippen LogP contribution < -0.4 is 10.6 Å². The summed E-state index contributed by atoms with van der Waals surface area (Å²) in [6, 6.07) is 3.26. The zero-order chi connectivity index (χ0) is 28.1. The molecule has 2 aliphatic heterocycles. The van der Waals surface area contributed by atoms with Crippen LogP contribution in [-0.2, 0) is 9.59 Å². The van der Waals surface area contributed by atoms with Crippen LogP contribution in [0.3, 0.4) is 0 Å². The summed E-state index contributed by atoms with van der Waals surface area (Å²) in [6.07, 6.45) is -2.60. The maximum atomic E-state index is 14.3. The fourth-order valence-electron chi connectivity index (χ4n) is 6.25. The molecule has 3 heterocycles. The molecule has 1 saturated carbocycles. The molecular formula is C26H26ClF4N5O3. The minimum atomic E-state index is -3.00. The number of fused-ring (bicyclic) bond motifs is 2. The summed E-state index contributed by atoms with van der Waals surface area (Å²) < 4.78 is 55.7. The van der Waals surface area contributed by atoms with Crippen molar-refractivity contribution in [3.63, 3.8) is 0 Å². The number of hydrogen-bond donors (Lipinski definition) is 3. The average Bonchev–Trinajstić information content (AvgIpc) is 3.54. The van der Waals surface area contributed by atoms with Gasteiger partial charge in [-0.1, -0.05) is 17.7 Å². The van der Waals surface area contributed by atoms with E-state index in [9.17, 15) is 37.2 Å². The lowest BCUT2D eigenvalue weighted by atomic mass is 9.90. The first kappa shape index (κ1) is 27.2. The van der Waals surface area contributed by atoms with Crippen LogP contribution in [0.15, 0.2) is 18.2 Å². The van der Waals surface area contributed by atoms with Gasteiger partial charge in [-0.05, 0) is 43.2 Å². The van der Waals surface area contributed by atoms with E-state index in [0.29, 0.717) is 13.0 Å². The smallest absolute Gasteiger partial charge is 0.271 e. The first-order valence-corrected chi connectivity index (χ1v) is 13.1. The van der Waals surface area contributed by atoms with Gasteiger partial charge in [-0.25, -0.2) is 17.6 Å². The van der Waals surface area contributed by atoms with E-state index in [1.54, 1.807) is 0 Å². The monoisotopic (exact) mass is 567 g/mol. The predicted molar refractivity (Wildman–Crippen MR) is 132 cm³/mol. The zero-order valence-corrected chi connectivity index (χ0v) is 21.4. The lowest BCUT2D eigenvalue weighted by Gasteiger charge is -2.29. The summed E-state index contributed by atoms with van der Waals surface area (Å²) in [5.41, 5.74) is -0.319. The second-order valence-electron chi connectivity index (χ2n) is 10.6. The third-order valence-electron chi connectivity index (χ3n) is 8.04. The van der Waals surface area contributed by atoms with E-state index < -0.39 is 66.8 Å². The maximum Gasteiger partial charge on any atom is 0.271 e. The van der Waals surface area contributed by atoms with Crippen LogP contribution in [0.2, 0.25) is 5.02 Å². The minimum Gasteiger partial charge on any atom is -0.356 e. The van der Waals surface area contributed by atoms with Crippen LogP contribution >= 0.6 is 11.6 Å². The summed E-state index contributed by atoms with van der Waals surface area (Å²) in [4.78, 5) is 43.2. The van der Waals surface area contributed by atoms with Crippen LogP contribution in [0.5, 0.6) is 0 Å². The van der Waals surface area contributed by atoms with Gasteiger partial charge in [-0.3, -0.25) is 14.4 Å². The highest BCUT2D eigenvalue weighted by atomic mass is 35.5. The highest BCUT2D eigenvalue weighted by molar-refractivity contribution is 6.35. The molecule has 1 aromatic heterocycles. The summed E-state index contributed by atoms with van der Waals surface area (Å²) in [6.45, 7) is 0.400. The molecule has 39 heavy (non-hydrogen) atoms. The third kappa shape index (κ3) is 5.16. The number of carbonyl (C=O) groups excluding carboxylic acids is 3. The normalized spacial score (nSPS) is 26.8. The molecule has 3 N–H and O–H groups in total. The number of halogens is 5. The van der Waals surface area contributed by atoms with E-state index in [0.717, 1.165) is 12.5 Å². The summed E-state index contributed by atoms with van der Waals surface area (Å²) in [5.74, 6) is -6.70. The number of piperidine rings is 1. The number of nitrogens with zero attached hydrogens (tertiary/aromatic N) is 2. The molecule has 2 saturated heterocycles.